The van der Waals surface area contributed by atoms with Gasteiger partial charge >= 0.3 is 5.97 Å². The number of carbonyl (C=O) groups excluding carboxylic acids is 1. The van der Waals surface area contributed by atoms with Gasteiger partial charge in [-0.05, 0) is 19.1 Å². The summed E-state index contributed by atoms with van der Waals surface area (Å²) in [7, 11) is -1.59. The molecule has 0 saturated heterocycles. The van der Waals surface area contributed by atoms with E-state index in [2.05, 4.69) is 26.6 Å². The van der Waals surface area contributed by atoms with Crippen LogP contribution >= 0.6 is 0 Å². The minimum atomic E-state index is -1.59. The van der Waals surface area contributed by atoms with E-state index in [1.54, 1.807) is 0 Å². The van der Waals surface area contributed by atoms with Crippen molar-refractivity contribution in [3.8, 4) is 0 Å². The molecule has 0 rings (SSSR count). The minimum absolute atomic E-state index is 0.0596. The van der Waals surface area contributed by atoms with Gasteiger partial charge in [-0.25, -0.2) is 4.79 Å². The molecule has 0 N–H and O–H groups in total. The third kappa shape index (κ3) is 6.54. The maximum Gasteiger partial charge on any atom is 0.332 e. The van der Waals surface area contributed by atoms with Crippen molar-refractivity contribution in [1.82, 2.24) is 0 Å². The van der Waals surface area contributed by atoms with E-state index in [0.717, 1.165) is 18.5 Å². The second kappa shape index (κ2) is 5.94. The van der Waals surface area contributed by atoms with Crippen LogP contribution < -0.4 is 0 Å². The lowest BCUT2D eigenvalue weighted by Gasteiger charge is -2.21. The first kappa shape index (κ1) is 12.4. The summed E-state index contributed by atoms with van der Waals surface area (Å²) in [5.41, 5.74) is 0. The molecule has 0 aliphatic heterocycles. The second-order valence-electron chi connectivity index (χ2n) is 3.44. The summed E-state index contributed by atoms with van der Waals surface area (Å²) in [4.78, 5) is 10.7. The van der Waals surface area contributed by atoms with Crippen molar-refractivity contribution in [2.75, 3.05) is 6.79 Å². The Morgan fingerprint density at radius 1 is 1.54 bits per heavy atom. The second-order valence-corrected chi connectivity index (χ2v) is 7.75. The molecule has 0 atom stereocenters. The summed E-state index contributed by atoms with van der Waals surface area (Å²) in [6.07, 6.45) is 2.24. The van der Waals surface area contributed by atoms with Crippen molar-refractivity contribution in [3.63, 3.8) is 0 Å². The summed E-state index contributed by atoms with van der Waals surface area (Å²) >= 11 is 0. The Kier molecular flexibility index (Phi) is 5.66. The van der Waals surface area contributed by atoms with Gasteiger partial charge in [0, 0.05) is 6.08 Å². The molecule has 4 heteroatoms. The SMILES string of the molecule is C=CC(=O)OCO[Si](C)(C)CCC. The molecule has 13 heavy (non-hydrogen) atoms. The first-order valence-electron chi connectivity index (χ1n) is 4.45. The molecule has 0 saturated carbocycles. The Hall–Kier alpha value is -0.613. The normalized spacial score (nSPS) is 11.0. The molecule has 0 radical (unpaired) electrons. The Balaban J connectivity index is 3.62. The lowest BCUT2D eigenvalue weighted by atomic mass is 10.6. The van der Waals surface area contributed by atoms with E-state index >= 15 is 0 Å². The molecule has 0 unspecified atom stereocenters. The summed E-state index contributed by atoms with van der Waals surface area (Å²) < 4.78 is 10.2. The van der Waals surface area contributed by atoms with Crippen LogP contribution in [0, 0.1) is 0 Å². The molecule has 76 valence electrons. The Morgan fingerprint density at radius 3 is 2.62 bits per heavy atom. The highest BCUT2D eigenvalue weighted by Gasteiger charge is 2.21. The molecule has 0 aromatic rings. The minimum Gasteiger partial charge on any atom is -0.436 e. The highest BCUT2D eigenvalue weighted by molar-refractivity contribution is 6.71. The maximum atomic E-state index is 10.7. The summed E-state index contributed by atoms with van der Waals surface area (Å²) in [5, 5.41) is 0. The number of ether oxygens (including phenoxy) is 1. The fraction of sp³-hybridized carbons (Fsp3) is 0.667. The van der Waals surface area contributed by atoms with Crippen LogP contribution in [0.2, 0.25) is 19.1 Å². The molecule has 0 fully saturated rings. The lowest BCUT2D eigenvalue weighted by molar-refractivity contribution is -0.144. The van der Waals surface area contributed by atoms with Crippen LogP contribution in [0.1, 0.15) is 13.3 Å². The molecule has 0 bridgehead atoms. The van der Waals surface area contributed by atoms with Gasteiger partial charge in [0.05, 0.1) is 0 Å². The van der Waals surface area contributed by atoms with Crippen LogP contribution in [0.4, 0.5) is 0 Å². The number of esters is 1. The van der Waals surface area contributed by atoms with Crippen LogP contribution in [0.3, 0.4) is 0 Å². The van der Waals surface area contributed by atoms with Crippen molar-refractivity contribution in [1.29, 1.82) is 0 Å². The Morgan fingerprint density at radius 2 is 2.15 bits per heavy atom. The topological polar surface area (TPSA) is 35.5 Å². The van der Waals surface area contributed by atoms with E-state index in [-0.39, 0.29) is 6.79 Å². The first-order chi connectivity index (χ1) is 6.02. The first-order valence-corrected chi connectivity index (χ1v) is 7.56. The standard InChI is InChI=1S/C9H18O3Si/c1-5-7-13(3,4)12-8-11-9(10)6-2/h6H,2,5,7-8H2,1,3-4H3. The van der Waals surface area contributed by atoms with Crippen molar-refractivity contribution in [2.24, 2.45) is 0 Å². The summed E-state index contributed by atoms with van der Waals surface area (Å²) in [6, 6.07) is 1.08. The van der Waals surface area contributed by atoms with Gasteiger partial charge in [0.1, 0.15) is 0 Å². The van der Waals surface area contributed by atoms with Crippen LogP contribution in [0.15, 0.2) is 12.7 Å². The molecule has 0 aromatic carbocycles. The number of rotatable bonds is 6. The van der Waals surface area contributed by atoms with Crippen molar-refractivity contribution in [3.05, 3.63) is 12.7 Å². The third-order valence-corrected chi connectivity index (χ3v) is 4.27. The van der Waals surface area contributed by atoms with Gasteiger partial charge < -0.3 is 9.16 Å². The molecule has 0 spiro atoms. The number of hydrogen-bond acceptors (Lipinski definition) is 3. The molecular weight excluding hydrogens is 184 g/mol. The fourth-order valence-corrected chi connectivity index (χ4v) is 2.71. The Bertz CT molecular complexity index is 178. The van der Waals surface area contributed by atoms with Crippen molar-refractivity contribution < 1.29 is 14.0 Å². The van der Waals surface area contributed by atoms with Gasteiger partial charge in [-0.3, -0.25) is 0 Å². The maximum absolute atomic E-state index is 10.7. The average Bonchev–Trinajstić information content (AvgIpc) is 2.03. The van der Waals surface area contributed by atoms with Crippen LogP contribution in [0.5, 0.6) is 0 Å². The third-order valence-electron chi connectivity index (χ3n) is 1.67. The van der Waals surface area contributed by atoms with E-state index < -0.39 is 14.3 Å². The predicted molar refractivity (Wildman–Crippen MR) is 54.8 cm³/mol. The molecule has 0 heterocycles. The molecule has 0 aromatic heterocycles. The van der Waals surface area contributed by atoms with Crippen LogP contribution in [-0.4, -0.2) is 21.1 Å². The zero-order chi connectivity index (χ0) is 10.3. The highest BCUT2D eigenvalue weighted by atomic mass is 28.4. The molecule has 0 amide bonds. The lowest BCUT2D eigenvalue weighted by Crippen LogP contribution is -2.31. The van der Waals surface area contributed by atoms with Crippen molar-refractivity contribution >= 4 is 14.3 Å². The van der Waals surface area contributed by atoms with Gasteiger partial charge in [-0.15, -0.1) is 0 Å². The molecule has 0 aliphatic carbocycles. The largest absolute Gasteiger partial charge is 0.436 e. The number of carbonyl (C=O) groups is 1. The van der Waals surface area contributed by atoms with Gasteiger partial charge in [-0.1, -0.05) is 19.9 Å². The molecule has 0 aliphatic rings. The van der Waals surface area contributed by atoms with Crippen LogP contribution in [-0.2, 0) is 14.0 Å². The predicted octanol–water partition coefficient (Wildman–Crippen LogP) is 2.30. The average molecular weight is 202 g/mol. The number of hydrogen-bond donors (Lipinski definition) is 0. The Labute approximate surface area is 80.9 Å². The quantitative estimate of drug-likeness (QED) is 0.287. The summed E-state index contributed by atoms with van der Waals surface area (Å²) in [6.45, 7) is 9.69. The van der Waals surface area contributed by atoms with Gasteiger partial charge in [0.25, 0.3) is 0 Å². The van der Waals surface area contributed by atoms with E-state index in [4.69, 9.17) is 9.16 Å². The highest BCUT2D eigenvalue weighted by Crippen LogP contribution is 2.12. The smallest absolute Gasteiger partial charge is 0.332 e. The van der Waals surface area contributed by atoms with Crippen LogP contribution in [0.25, 0.3) is 0 Å². The van der Waals surface area contributed by atoms with Gasteiger partial charge in [0.2, 0.25) is 0 Å². The van der Waals surface area contributed by atoms with E-state index in [9.17, 15) is 4.79 Å². The van der Waals surface area contributed by atoms with Gasteiger partial charge in [-0.2, -0.15) is 0 Å². The zero-order valence-corrected chi connectivity index (χ0v) is 9.63. The van der Waals surface area contributed by atoms with E-state index in [0.29, 0.717) is 0 Å². The fourth-order valence-electron chi connectivity index (χ4n) is 0.980. The van der Waals surface area contributed by atoms with Gasteiger partial charge in [0.15, 0.2) is 15.1 Å². The monoisotopic (exact) mass is 202 g/mol. The zero-order valence-electron chi connectivity index (χ0n) is 8.63. The van der Waals surface area contributed by atoms with E-state index in [1.807, 2.05) is 0 Å². The molecular formula is C9H18O3Si. The molecule has 3 nitrogen and oxygen atoms in total. The van der Waals surface area contributed by atoms with E-state index in [1.165, 1.54) is 0 Å². The van der Waals surface area contributed by atoms with Crippen molar-refractivity contribution in [2.45, 2.75) is 32.5 Å². The summed E-state index contributed by atoms with van der Waals surface area (Å²) in [5.74, 6) is -0.429.